The fourth-order valence-corrected chi connectivity index (χ4v) is 0.945. The molecule has 0 radical (unpaired) electrons. The van der Waals surface area contributed by atoms with Crippen molar-refractivity contribution in [3.63, 3.8) is 0 Å². The molecule has 0 bridgehead atoms. The van der Waals surface area contributed by atoms with Crippen molar-refractivity contribution < 1.29 is 40.2 Å². The minimum absolute atomic E-state index is 0. The van der Waals surface area contributed by atoms with E-state index in [4.69, 9.17) is 20.4 Å². The van der Waals surface area contributed by atoms with Gasteiger partial charge in [0, 0.05) is 0 Å². The molecule has 0 saturated heterocycles. The van der Waals surface area contributed by atoms with Gasteiger partial charge < -0.3 is 36.0 Å². The first-order valence-electron chi connectivity index (χ1n) is 4.63. The zero-order chi connectivity index (χ0) is 13.6. The number of hydrogen-bond donors (Lipinski definition) is 7. The third-order valence-electron chi connectivity index (χ3n) is 1.94. The molecule has 0 spiro atoms. The van der Waals surface area contributed by atoms with Crippen LogP contribution in [0.1, 0.15) is 0 Å². The van der Waals surface area contributed by atoms with E-state index in [0.29, 0.717) is 0 Å². The Kier molecular flexibility index (Phi) is 10.6. The number of carbonyl (C=O) groups excluding carboxylic acids is 1. The molecule has 0 aliphatic carbocycles. The van der Waals surface area contributed by atoms with Crippen molar-refractivity contribution in [3.05, 3.63) is 0 Å². The molecule has 0 aromatic rings. The number of carboxylic acid groups (broad SMARTS) is 1. The molecule has 9 nitrogen and oxygen atoms in total. The molecule has 0 aromatic carbocycles. The maximum atomic E-state index is 11.1. The summed E-state index contributed by atoms with van der Waals surface area (Å²) in [5, 5.41) is 55.0. The summed E-state index contributed by atoms with van der Waals surface area (Å²) < 4.78 is 0. The van der Waals surface area contributed by atoms with Gasteiger partial charge in [0.25, 0.3) is 5.91 Å². The van der Waals surface area contributed by atoms with Crippen LogP contribution in [0.5, 0.6) is 0 Å². The first-order valence-corrected chi connectivity index (χ1v) is 4.63. The summed E-state index contributed by atoms with van der Waals surface area (Å²) >= 11 is 0. The van der Waals surface area contributed by atoms with E-state index in [0.717, 1.165) is 0 Å². The number of aliphatic carboxylic acids is 1. The SMILES string of the molecule is O=C(O)CNC(=O)[C@H](O)[C@@H](O)[C@H](O)[C@H](O)CO.[BiH3]. The van der Waals surface area contributed by atoms with Crippen LogP contribution in [0.4, 0.5) is 0 Å². The number of amides is 1. The Hall–Kier alpha value is -0.377. The summed E-state index contributed by atoms with van der Waals surface area (Å²) in [6.07, 6.45) is -7.84. The van der Waals surface area contributed by atoms with Gasteiger partial charge in [0.15, 0.2) is 6.10 Å². The van der Waals surface area contributed by atoms with Gasteiger partial charge in [0.2, 0.25) is 0 Å². The zero-order valence-corrected chi connectivity index (χ0v) is 14.9. The fraction of sp³-hybridized carbons (Fsp3) is 0.750. The van der Waals surface area contributed by atoms with Crippen LogP contribution >= 0.6 is 0 Å². The van der Waals surface area contributed by atoms with Crippen LogP contribution in [0.3, 0.4) is 0 Å². The van der Waals surface area contributed by atoms with E-state index >= 15 is 0 Å². The van der Waals surface area contributed by atoms with Crippen LogP contribution in [0.25, 0.3) is 0 Å². The topological polar surface area (TPSA) is 168 Å². The summed E-state index contributed by atoms with van der Waals surface area (Å²) in [6, 6.07) is 0. The van der Waals surface area contributed by atoms with Gasteiger partial charge in [0.05, 0.1) is 6.61 Å². The number of hydrogen-bond acceptors (Lipinski definition) is 7. The second kappa shape index (κ2) is 9.54. The Balaban J connectivity index is 0. The molecule has 0 aliphatic heterocycles. The third-order valence-corrected chi connectivity index (χ3v) is 1.94. The molecule has 0 aromatic heterocycles. The molecular weight excluding hydrogens is 447 g/mol. The van der Waals surface area contributed by atoms with E-state index in [1.165, 1.54) is 0 Å². The Morgan fingerprint density at radius 3 is 1.94 bits per heavy atom. The molecule has 0 unspecified atom stereocenters. The van der Waals surface area contributed by atoms with Gasteiger partial charge in [-0.3, -0.25) is 9.59 Å². The maximum absolute atomic E-state index is 11.1. The van der Waals surface area contributed by atoms with Gasteiger partial charge in [0.1, 0.15) is 24.9 Å². The molecule has 0 fully saturated rings. The summed E-state index contributed by atoms with van der Waals surface area (Å²) in [5.41, 5.74) is 0. The van der Waals surface area contributed by atoms with Crippen molar-refractivity contribution in [3.8, 4) is 0 Å². The van der Waals surface area contributed by atoms with Gasteiger partial charge >= 0.3 is 32.2 Å². The van der Waals surface area contributed by atoms with Crippen molar-refractivity contribution in [2.45, 2.75) is 24.4 Å². The first-order chi connectivity index (χ1) is 7.81. The fourth-order valence-electron chi connectivity index (χ4n) is 0.945. The average molecular weight is 465 g/mol. The van der Waals surface area contributed by atoms with Crippen molar-refractivity contribution in [2.75, 3.05) is 13.2 Å². The standard InChI is InChI=1S/C8H15NO8.Bi.3H/c10-2-3(11)5(14)6(15)7(16)8(17)9-1-4(12)13;;;;/h3,5-7,10-11,14-16H,1-2H2,(H,9,17)(H,12,13);;;;/t3-,5-,6+,7-;;;;/m1..../s1. The monoisotopic (exact) mass is 465 g/mol. The zero-order valence-electron chi connectivity index (χ0n) is 9.43. The average Bonchev–Trinajstić information content (AvgIpc) is 2.31. The van der Waals surface area contributed by atoms with E-state index in [9.17, 15) is 19.8 Å². The number of aliphatic hydroxyl groups excluding tert-OH is 5. The predicted molar refractivity (Wildman–Crippen MR) is 61.7 cm³/mol. The van der Waals surface area contributed by atoms with Gasteiger partial charge in [-0.25, -0.2) is 0 Å². The van der Waals surface area contributed by atoms with Crippen LogP contribution in [0.15, 0.2) is 0 Å². The van der Waals surface area contributed by atoms with Crippen LogP contribution in [0, 0.1) is 0 Å². The molecule has 0 heterocycles. The van der Waals surface area contributed by atoms with Crippen molar-refractivity contribution in [2.24, 2.45) is 0 Å². The molecule has 0 rings (SSSR count). The quantitative estimate of drug-likeness (QED) is 0.183. The molecular formula is C8H18BiNO8. The van der Waals surface area contributed by atoms with Crippen molar-refractivity contribution >= 4 is 38.1 Å². The Morgan fingerprint density at radius 1 is 1.06 bits per heavy atom. The Morgan fingerprint density at radius 2 is 1.56 bits per heavy atom. The molecule has 108 valence electrons. The molecule has 7 N–H and O–H groups in total. The Bertz CT molecular complexity index is 276. The van der Waals surface area contributed by atoms with Crippen molar-refractivity contribution in [1.82, 2.24) is 5.32 Å². The molecule has 10 heteroatoms. The van der Waals surface area contributed by atoms with Crippen molar-refractivity contribution in [1.29, 1.82) is 0 Å². The summed E-state index contributed by atoms with van der Waals surface area (Å²) in [7, 11) is 0. The number of nitrogens with one attached hydrogen (secondary N) is 1. The van der Waals surface area contributed by atoms with E-state index in [2.05, 4.69) is 0 Å². The number of carbonyl (C=O) groups is 2. The second-order valence-electron chi connectivity index (χ2n) is 3.29. The predicted octanol–water partition coefficient (Wildman–Crippen LogP) is -5.56. The van der Waals surface area contributed by atoms with Crippen LogP contribution < -0.4 is 5.32 Å². The van der Waals surface area contributed by atoms with Crippen LogP contribution in [-0.2, 0) is 9.59 Å². The van der Waals surface area contributed by atoms with Gasteiger partial charge in [-0.15, -0.1) is 0 Å². The Labute approximate surface area is 121 Å². The van der Waals surface area contributed by atoms with E-state index in [1.807, 2.05) is 0 Å². The van der Waals surface area contributed by atoms with Gasteiger partial charge in [-0.2, -0.15) is 0 Å². The van der Waals surface area contributed by atoms with E-state index in [-0.39, 0.29) is 26.2 Å². The number of rotatable bonds is 7. The molecule has 18 heavy (non-hydrogen) atoms. The summed E-state index contributed by atoms with van der Waals surface area (Å²) in [4.78, 5) is 21.2. The summed E-state index contributed by atoms with van der Waals surface area (Å²) in [6.45, 7) is -1.64. The second-order valence-corrected chi connectivity index (χ2v) is 3.29. The number of carboxylic acids is 1. The summed E-state index contributed by atoms with van der Waals surface area (Å²) in [5.74, 6) is -2.57. The van der Waals surface area contributed by atoms with Crippen LogP contribution in [0.2, 0.25) is 0 Å². The van der Waals surface area contributed by atoms with Gasteiger partial charge in [-0.1, -0.05) is 0 Å². The minimum atomic E-state index is -2.12. The number of aliphatic hydroxyl groups is 5. The van der Waals surface area contributed by atoms with E-state index < -0.39 is 49.4 Å². The molecule has 0 aliphatic rings. The first kappa shape index (κ1) is 20.0. The van der Waals surface area contributed by atoms with E-state index in [1.54, 1.807) is 5.32 Å². The normalized spacial score (nSPS) is 16.9. The third kappa shape index (κ3) is 6.53. The molecule has 1 amide bonds. The molecule has 0 saturated carbocycles. The molecule has 4 atom stereocenters. The van der Waals surface area contributed by atoms with Crippen LogP contribution in [-0.4, -0.2) is 106 Å². The van der Waals surface area contributed by atoms with Gasteiger partial charge in [-0.05, 0) is 0 Å².